The summed E-state index contributed by atoms with van der Waals surface area (Å²) in [6.45, 7) is 3.05. The lowest BCUT2D eigenvalue weighted by atomic mass is 9.93. The monoisotopic (exact) mass is 414 g/mol. The molecule has 0 spiro atoms. The third kappa shape index (κ3) is 3.60. The average Bonchev–Trinajstić information content (AvgIpc) is 2.94. The van der Waals surface area contributed by atoms with Gasteiger partial charge in [0.25, 0.3) is 0 Å². The van der Waals surface area contributed by atoms with E-state index in [1.54, 1.807) is 6.92 Å². The van der Waals surface area contributed by atoms with Gasteiger partial charge in [-0.15, -0.1) is 0 Å². The van der Waals surface area contributed by atoms with E-state index in [0.29, 0.717) is 0 Å². The second kappa shape index (κ2) is 7.50. The van der Waals surface area contributed by atoms with Crippen LogP contribution in [0.1, 0.15) is 31.9 Å². The van der Waals surface area contributed by atoms with Crippen molar-refractivity contribution in [3.63, 3.8) is 0 Å². The lowest BCUT2D eigenvalue weighted by Gasteiger charge is -2.38. The Hall–Kier alpha value is -2.49. The van der Waals surface area contributed by atoms with E-state index < -0.39 is 51.1 Å². The maximum atomic E-state index is 14.4. The highest BCUT2D eigenvalue weighted by molar-refractivity contribution is 7.91. The fourth-order valence-corrected chi connectivity index (χ4v) is 5.35. The number of ether oxygens (including phenoxy) is 1. The smallest absolute Gasteiger partial charge is 0.338 e. The zero-order chi connectivity index (χ0) is 20.6. The quantitative estimate of drug-likeness (QED) is 0.762. The van der Waals surface area contributed by atoms with Crippen LogP contribution in [0.3, 0.4) is 0 Å². The number of hydrogen-bond acceptors (Lipinski definition) is 5. The molecule has 0 radical (unpaired) electrons. The van der Waals surface area contributed by atoms with Crippen LogP contribution in [0.5, 0.6) is 0 Å². The van der Waals surface area contributed by atoms with Crippen LogP contribution in [-0.2, 0) is 19.4 Å². The Morgan fingerprint density at radius 1 is 1.32 bits per heavy atom. The van der Waals surface area contributed by atoms with Gasteiger partial charge in [0.1, 0.15) is 11.6 Å². The highest BCUT2D eigenvalue weighted by Gasteiger charge is 2.43. The van der Waals surface area contributed by atoms with Crippen LogP contribution in [0.25, 0.3) is 0 Å². The van der Waals surface area contributed by atoms with Gasteiger partial charge in [0.2, 0.25) is 0 Å². The number of rotatable bonds is 4. The number of nitrogens with zero attached hydrogens (tertiary/aromatic N) is 1. The fourth-order valence-electron chi connectivity index (χ4n) is 3.65. The van der Waals surface area contributed by atoms with Crippen LogP contribution in [0.2, 0.25) is 0 Å². The van der Waals surface area contributed by atoms with Gasteiger partial charge in [0.15, 0.2) is 9.84 Å². The predicted molar refractivity (Wildman–Crippen MR) is 95.9 cm³/mol. The number of esters is 1. The first-order valence-electron chi connectivity index (χ1n) is 8.78. The minimum absolute atomic E-state index is 0.0217. The number of benzene rings is 1. The fraction of sp³-hybridized carbons (Fsp3) is 0.444. The van der Waals surface area contributed by atoms with Gasteiger partial charge in [-0.25, -0.2) is 26.8 Å². The molecule has 0 aliphatic carbocycles. The Labute approximate surface area is 161 Å². The SMILES string of the molecule is CCOC(=O)C1=C(C)N([C@@H]2CCS(=O)(=O)C2)C(=O)N[C@@H]1c1c(F)cccc1F. The molecule has 10 heteroatoms. The molecule has 1 saturated heterocycles. The van der Waals surface area contributed by atoms with Crippen molar-refractivity contribution in [1.29, 1.82) is 0 Å². The van der Waals surface area contributed by atoms with Crippen LogP contribution in [0.15, 0.2) is 29.5 Å². The third-order valence-corrected chi connectivity index (χ3v) is 6.63. The van der Waals surface area contributed by atoms with E-state index in [0.717, 1.165) is 12.1 Å². The summed E-state index contributed by atoms with van der Waals surface area (Å²) in [7, 11) is -3.30. The van der Waals surface area contributed by atoms with Crippen molar-refractivity contribution in [2.45, 2.75) is 32.4 Å². The minimum atomic E-state index is -3.30. The number of allylic oxidation sites excluding steroid dienone is 1. The zero-order valence-electron chi connectivity index (χ0n) is 15.4. The zero-order valence-corrected chi connectivity index (χ0v) is 16.2. The molecule has 1 fully saturated rings. The molecule has 2 aliphatic rings. The van der Waals surface area contributed by atoms with Crippen molar-refractivity contribution < 1.29 is 31.5 Å². The molecule has 3 rings (SSSR count). The number of amides is 2. The molecule has 2 amide bonds. The van der Waals surface area contributed by atoms with Crippen molar-refractivity contribution in [3.05, 3.63) is 46.7 Å². The van der Waals surface area contributed by atoms with Gasteiger partial charge in [0, 0.05) is 5.70 Å². The van der Waals surface area contributed by atoms with Gasteiger partial charge in [0.05, 0.1) is 41.3 Å². The van der Waals surface area contributed by atoms with E-state index in [1.807, 2.05) is 0 Å². The molecule has 2 atom stereocenters. The Kier molecular flexibility index (Phi) is 5.42. The van der Waals surface area contributed by atoms with Crippen molar-refractivity contribution in [2.24, 2.45) is 0 Å². The van der Waals surface area contributed by atoms with Crippen LogP contribution < -0.4 is 5.32 Å². The van der Waals surface area contributed by atoms with Crippen LogP contribution in [-0.4, -0.2) is 49.5 Å². The van der Waals surface area contributed by atoms with E-state index in [2.05, 4.69) is 5.32 Å². The Bertz CT molecular complexity index is 940. The van der Waals surface area contributed by atoms with Gasteiger partial charge in [-0.2, -0.15) is 0 Å². The highest BCUT2D eigenvalue weighted by Crippen LogP contribution is 2.36. The maximum Gasteiger partial charge on any atom is 0.338 e. The summed E-state index contributed by atoms with van der Waals surface area (Å²) in [6, 6.07) is 0.454. The van der Waals surface area contributed by atoms with Gasteiger partial charge in [-0.3, -0.25) is 4.90 Å². The topological polar surface area (TPSA) is 92.8 Å². The molecule has 1 N–H and O–H groups in total. The van der Waals surface area contributed by atoms with Crippen molar-refractivity contribution in [1.82, 2.24) is 10.2 Å². The summed E-state index contributed by atoms with van der Waals surface area (Å²) in [5.74, 6) is -2.99. The molecule has 0 unspecified atom stereocenters. The molecule has 1 aromatic carbocycles. The van der Waals surface area contributed by atoms with E-state index in [9.17, 15) is 26.8 Å². The summed E-state index contributed by atoms with van der Waals surface area (Å²) in [5, 5.41) is 2.44. The minimum Gasteiger partial charge on any atom is -0.463 e. The molecule has 152 valence electrons. The van der Waals surface area contributed by atoms with E-state index in [4.69, 9.17) is 4.74 Å². The first-order valence-corrected chi connectivity index (χ1v) is 10.6. The summed E-state index contributed by atoms with van der Waals surface area (Å²) in [5.41, 5.74) is -0.483. The molecule has 0 saturated carbocycles. The third-order valence-electron chi connectivity index (χ3n) is 4.88. The number of halogens is 2. The predicted octanol–water partition coefficient (Wildman–Crippen LogP) is 2.06. The molecule has 2 aliphatic heterocycles. The molecule has 28 heavy (non-hydrogen) atoms. The second-order valence-corrected chi connectivity index (χ2v) is 8.89. The number of hydrogen-bond donors (Lipinski definition) is 1. The van der Waals surface area contributed by atoms with Crippen molar-refractivity contribution in [3.8, 4) is 0 Å². The lowest BCUT2D eigenvalue weighted by Crippen LogP contribution is -2.52. The van der Waals surface area contributed by atoms with E-state index >= 15 is 0 Å². The summed E-state index contributed by atoms with van der Waals surface area (Å²) in [4.78, 5) is 26.5. The summed E-state index contributed by atoms with van der Waals surface area (Å²) in [6.07, 6.45) is 0.210. The van der Waals surface area contributed by atoms with Gasteiger partial charge in [-0.1, -0.05) is 6.07 Å². The average molecular weight is 414 g/mol. The highest BCUT2D eigenvalue weighted by atomic mass is 32.2. The van der Waals surface area contributed by atoms with E-state index in [-0.39, 0.29) is 35.8 Å². The molecule has 7 nitrogen and oxygen atoms in total. The number of carbonyl (C=O) groups excluding carboxylic acids is 2. The molecule has 1 aromatic rings. The standard InChI is InChI=1S/C18H20F2N2O5S/c1-3-27-17(23)14-10(2)22(11-7-8-28(25,26)9-11)18(24)21-16(14)15-12(19)5-4-6-13(15)20/h4-6,11,16H,3,7-9H2,1-2H3,(H,21,24)/t11-,16+/m1/s1. The molecule has 2 heterocycles. The lowest BCUT2D eigenvalue weighted by molar-refractivity contribution is -0.139. The molecular weight excluding hydrogens is 394 g/mol. The van der Waals surface area contributed by atoms with Crippen LogP contribution >= 0.6 is 0 Å². The molecule has 0 aromatic heterocycles. The van der Waals surface area contributed by atoms with Crippen molar-refractivity contribution in [2.75, 3.05) is 18.1 Å². The summed E-state index contributed by atoms with van der Waals surface area (Å²) >= 11 is 0. The van der Waals surface area contributed by atoms with Gasteiger partial charge in [-0.05, 0) is 32.4 Å². The first kappa shape index (κ1) is 20.2. The largest absolute Gasteiger partial charge is 0.463 e. The molecular formula is C18H20F2N2O5S. The molecule has 0 bridgehead atoms. The number of sulfone groups is 1. The van der Waals surface area contributed by atoms with E-state index in [1.165, 1.54) is 17.9 Å². The number of urea groups is 1. The number of carbonyl (C=O) groups is 2. The number of nitrogens with one attached hydrogen (secondary N) is 1. The Balaban J connectivity index is 2.12. The van der Waals surface area contributed by atoms with Crippen LogP contribution in [0, 0.1) is 11.6 Å². The Morgan fingerprint density at radius 3 is 2.50 bits per heavy atom. The first-order chi connectivity index (χ1) is 13.2. The normalized spacial score (nSPS) is 24.3. The van der Waals surface area contributed by atoms with Gasteiger partial charge < -0.3 is 10.1 Å². The summed E-state index contributed by atoms with van der Waals surface area (Å²) < 4.78 is 57.4. The van der Waals surface area contributed by atoms with Gasteiger partial charge >= 0.3 is 12.0 Å². The maximum absolute atomic E-state index is 14.4. The Morgan fingerprint density at radius 2 is 1.96 bits per heavy atom. The van der Waals surface area contributed by atoms with Crippen molar-refractivity contribution >= 4 is 21.8 Å². The van der Waals surface area contributed by atoms with Crippen LogP contribution in [0.4, 0.5) is 13.6 Å². The second-order valence-electron chi connectivity index (χ2n) is 6.66.